The number of unbranched alkanes of at least 4 members (excludes halogenated alkanes) is 2. The van der Waals surface area contributed by atoms with Crippen LogP contribution in [0.4, 0.5) is 0 Å². The highest BCUT2D eigenvalue weighted by atomic mass is 15.2. The highest BCUT2D eigenvalue weighted by Crippen LogP contribution is 2.28. The van der Waals surface area contributed by atoms with Crippen LogP contribution in [0.2, 0.25) is 0 Å². The minimum absolute atomic E-state index is 0.450. The van der Waals surface area contributed by atoms with Crippen molar-refractivity contribution in [2.75, 3.05) is 26.2 Å². The predicted octanol–water partition coefficient (Wildman–Crippen LogP) is 4.69. The topological polar surface area (TPSA) is 15.3 Å². The minimum atomic E-state index is 0.450. The molecule has 2 heteroatoms. The molecule has 0 spiro atoms. The zero-order valence-corrected chi connectivity index (χ0v) is 15.1. The lowest BCUT2D eigenvalue weighted by atomic mass is 9.81. The monoisotopic (exact) mass is 284 g/mol. The second-order valence-electron chi connectivity index (χ2n) is 6.66. The van der Waals surface area contributed by atoms with Crippen LogP contribution < -0.4 is 5.32 Å². The Balaban J connectivity index is 4.54. The third-order valence-corrected chi connectivity index (χ3v) is 4.74. The van der Waals surface area contributed by atoms with Crippen LogP contribution in [-0.4, -0.2) is 37.1 Å². The van der Waals surface area contributed by atoms with Crippen molar-refractivity contribution >= 4 is 0 Å². The second-order valence-corrected chi connectivity index (χ2v) is 6.66. The first-order valence-electron chi connectivity index (χ1n) is 9.00. The van der Waals surface area contributed by atoms with Gasteiger partial charge >= 0.3 is 0 Å². The summed E-state index contributed by atoms with van der Waals surface area (Å²) >= 11 is 0. The number of nitrogens with zero attached hydrogens (tertiary/aromatic N) is 1. The van der Waals surface area contributed by atoms with Crippen molar-refractivity contribution in [1.29, 1.82) is 0 Å². The van der Waals surface area contributed by atoms with Crippen molar-refractivity contribution in [1.82, 2.24) is 10.2 Å². The molecule has 0 fully saturated rings. The van der Waals surface area contributed by atoms with Crippen LogP contribution in [0.5, 0.6) is 0 Å². The maximum atomic E-state index is 3.66. The van der Waals surface area contributed by atoms with E-state index in [1.54, 1.807) is 0 Å². The Labute approximate surface area is 128 Å². The maximum Gasteiger partial charge on any atom is 0.00526 e. The minimum Gasteiger partial charge on any atom is -0.316 e. The first kappa shape index (κ1) is 19.9. The number of rotatable bonds is 13. The average Bonchev–Trinajstić information content (AvgIpc) is 2.45. The van der Waals surface area contributed by atoms with Gasteiger partial charge in [0.05, 0.1) is 0 Å². The number of hydrogen-bond donors (Lipinski definition) is 1. The van der Waals surface area contributed by atoms with Gasteiger partial charge in [-0.15, -0.1) is 0 Å². The average molecular weight is 285 g/mol. The molecule has 0 bridgehead atoms. The van der Waals surface area contributed by atoms with Gasteiger partial charge < -0.3 is 10.2 Å². The molecular formula is C18H40N2. The third-order valence-electron chi connectivity index (χ3n) is 4.74. The van der Waals surface area contributed by atoms with E-state index >= 15 is 0 Å². The van der Waals surface area contributed by atoms with E-state index in [-0.39, 0.29) is 0 Å². The van der Waals surface area contributed by atoms with Crippen LogP contribution in [0.3, 0.4) is 0 Å². The van der Waals surface area contributed by atoms with Gasteiger partial charge in [-0.1, -0.05) is 40.5 Å². The first-order chi connectivity index (χ1) is 9.55. The highest BCUT2D eigenvalue weighted by Gasteiger charge is 2.29. The van der Waals surface area contributed by atoms with Gasteiger partial charge in [0.1, 0.15) is 0 Å². The molecule has 0 rings (SSSR count). The summed E-state index contributed by atoms with van der Waals surface area (Å²) in [7, 11) is 0. The van der Waals surface area contributed by atoms with Crippen LogP contribution in [0.15, 0.2) is 0 Å². The van der Waals surface area contributed by atoms with Gasteiger partial charge in [-0.05, 0) is 58.0 Å². The van der Waals surface area contributed by atoms with Gasteiger partial charge in [-0.25, -0.2) is 0 Å². The number of nitrogens with one attached hydrogen (secondary N) is 1. The Hall–Kier alpha value is -0.0800. The van der Waals surface area contributed by atoms with Gasteiger partial charge in [0.25, 0.3) is 0 Å². The van der Waals surface area contributed by atoms with E-state index < -0.39 is 0 Å². The van der Waals surface area contributed by atoms with Crippen molar-refractivity contribution in [3.05, 3.63) is 0 Å². The van der Waals surface area contributed by atoms with Crippen molar-refractivity contribution in [3.8, 4) is 0 Å². The molecule has 0 aliphatic rings. The molecule has 0 saturated heterocycles. The zero-order chi connectivity index (χ0) is 15.4. The number of hydrogen-bond acceptors (Lipinski definition) is 2. The van der Waals surface area contributed by atoms with E-state index in [9.17, 15) is 0 Å². The molecule has 0 aromatic carbocycles. The van der Waals surface area contributed by atoms with E-state index in [0.717, 1.165) is 6.54 Å². The van der Waals surface area contributed by atoms with Crippen LogP contribution in [0.1, 0.15) is 80.1 Å². The Kier molecular flexibility index (Phi) is 11.5. The van der Waals surface area contributed by atoms with Crippen molar-refractivity contribution in [2.24, 2.45) is 5.41 Å². The van der Waals surface area contributed by atoms with Crippen molar-refractivity contribution in [3.63, 3.8) is 0 Å². The lowest BCUT2D eigenvalue weighted by Gasteiger charge is -2.39. The van der Waals surface area contributed by atoms with Crippen molar-refractivity contribution in [2.45, 2.75) is 86.1 Å². The van der Waals surface area contributed by atoms with Gasteiger partial charge in [0.2, 0.25) is 0 Å². The molecule has 0 aromatic heterocycles. The molecule has 0 heterocycles. The second kappa shape index (κ2) is 11.6. The van der Waals surface area contributed by atoms with Crippen LogP contribution in [0.25, 0.3) is 0 Å². The summed E-state index contributed by atoms with van der Waals surface area (Å²) in [4.78, 5) is 2.70. The normalized spacial score (nSPS) is 12.6. The quantitative estimate of drug-likeness (QED) is 0.493. The summed E-state index contributed by atoms with van der Waals surface area (Å²) in [6, 6.07) is 0.663. The van der Waals surface area contributed by atoms with Gasteiger partial charge in [-0.3, -0.25) is 0 Å². The fraction of sp³-hybridized carbons (Fsp3) is 1.00. The lowest BCUT2D eigenvalue weighted by Crippen LogP contribution is -2.46. The van der Waals surface area contributed by atoms with Crippen LogP contribution >= 0.6 is 0 Å². The smallest absolute Gasteiger partial charge is 0.00526 e. The van der Waals surface area contributed by atoms with Gasteiger partial charge in [-0.2, -0.15) is 0 Å². The third kappa shape index (κ3) is 7.64. The first-order valence-corrected chi connectivity index (χ1v) is 9.00. The van der Waals surface area contributed by atoms with Gasteiger partial charge in [0.15, 0.2) is 0 Å². The van der Waals surface area contributed by atoms with E-state index in [2.05, 4.69) is 51.8 Å². The van der Waals surface area contributed by atoms with E-state index in [1.165, 1.54) is 58.2 Å². The van der Waals surface area contributed by atoms with Crippen LogP contribution in [-0.2, 0) is 0 Å². The lowest BCUT2D eigenvalue weighted by molar-refractivity contribution is 0.108. The summed E-state index contributed by atoms with van der Waals surface area (Å²) in [6.07, 6.45) is 7.81. The standard InChI is InChI=1S/C18H40N2/c1-7-11-12-14-20(17(5)6)16-18(9-3,10-4)15-19-13-8-2/h17,19H,7-16H2,1-6H3. The summed E-state index contributed by atoms with van der Waals surface area (Å²) in [5.41, 5.74) is 0.450. The van der Waals surface area contributed by atoms with E-state index in [1.807, 2.05) is 0 Å². The molecule has 0 aliphatic heterocycles. The van der Waals surface area contributed by atoms with E-state index in [0.29, 0.717) is 11.5 Å². The molecule has 0 radical (unpaired) electrons. The Bertz CT molecular complexity index is 209. The zero-order valence-electron chi connectivity index (χ0n) is 15.1. The molecule has 20 heavy (non-hydrogen) atoms. The van der Waals surface area contributed by atoms with Crippen LogP contribution in [0, 0.1) is 5.41 Å². The van der Waals surface area contributed by atoms with Gasteiger partial charge in [0, 0.05) is 19.1 Å². The summed E-state index contributed by atoms with van der Waals surface area (Å²) in [6.45, 7) is 18.8. The molecular weight excluding hydrogens is 244 g/mol. The summed E-state index contributed by atoms with van der Waals surface area (Å²) < 4.78 is 0. The molecule has 0 saturated carbocycles. The fourth-order valence-corrected chi connectivity index (χ4v) is 2.83. The Morgan fingerprint density at radius 1 is 0.950 bits per heavy atom. The molecule has 0 aliphatic carbocycles. The molecule has 0 amide bonds. The molecule has 0 atom stereocenters. The predicted molar refractivity (Wildman–Crippen MR) is 92.4 cm³/mol. The Morgan fingerprint density at radius 2 is 1.60 bits per heavy atom. The Morgan fingerprint density at radius 3 is 2.05 bits per heavy atom. The van der Waals surface area contributed by atoms with E-state index in [4.69, 9.17) is 0 Å². The molecule has 2 nitrogen and oxygen atoms in total. The molecule has 1 N–H and O–H groups in total. The molecule has 0 unspecified atom stereocenters. The SMILES string of the molecule is CCCCCN(CC(CC)(CC)CNCCC)C(C)C. The largest absolute Gasteiger partial charge is 0.316 e. The maximum absolute atomic E-state index is 3.66. The summed E-state index contributed by atoms with van der Waals surface area (Å²) in [5, 5.41) is 3.66. The fourth-order valence-electron chi connectivity index (χ4n) is 2.83. The van der Waals surface area contributed by atoms with Crippen molar-refractivity contribution < 1.29 is 0 Å². The highest BCUT2D eigenvalue weighted by molar-refractivity contribution is 4.84. The molecule has 122 valence electrons. The summed E-state index contributed by atoms with van der Waals surface area (Å²) in [5.74, 6) is 0. The molecule has 0 aromatic rings.